The van der Waals surface area contributed by atoms with Gasteiger partial charge < -0.3 is 4.42 Å². The van der Waals surface area contributed by atoms with Gasteiger partial charge in [-0.15, -0.1) is 11.3 Å². The molecule has 0 amide bonds. The van der Waals surface area contributed by atoms with Crippen molar-refractivity contribution >= 4 is 45.2 Å². The van der Waals surface area contributed by atoms with Crippen molar-refractivity contribution in [3.05, 3.63) is 58.9 Å². The van der Waals surface area contributed by atoms with Crippen molar-refractivity contribution in [3.8, 4) is 11.3 Å². The molecule has 0 aliphatic heterocycles. The number of aromatic nitrogens is 2. The lowest BCUT2D eigenvalue weighted by molar-refractivity contribution is 0.623. The molecule has 4 rings (SSSR count). The highest BCUT2D eigenvalue weighted by molar-refractivity contribution is 7.14. The van der Waals surface area contributed by atoms with E-state index < -0.39 is 0 Å². The van der Waals surface area contributed by atoms with Crippen LogP contribution in [0.2, 0.25) is 5.02 Å². The molecule has 6 heteroatoms. The number of nitrogens with one attached hydrogen (secondary N) is 1. The Bertz CT molecular complexity index is 933. The van der Waals surface area contributed by atoms with Crippen molar-refractivity contribution in [1.82, 2.24) is 9.97 Å². The summed E-state index contributed by atoms with van der Waals surface area (Å²) in [6, 6.07) is 15.8. The molecule has 0 saturated carbocycles. The number of oxazole rings is 1. The van der Waals surface area contributed by atoms with Crippen LogP contribution in [0.25, 0.3) is 22.4 Å². The highest BCUT2D eigenvalue weighted by Crippen LogP contribution is 2.28. The minimum absolute atomic E-state index is 0.409. The number of anilines is 2. The maximum absolute atomic E-state index is 5.95. The van der Waals surface area contributed by atoms with E-state index in [4.69, 9.17) is 16.0 Å². The molecular weight excluding hydrogens is 318 g/mol. The second-order valence-electron chi connectivity index (χ2n) is 4.66. The van der Waals surface area contributed by atoms with Crippen LogP contribution in [-0.4, -0.2) is 9.97 Å². The fourth-order valence-corrected chi connectivity index (χ4v) is 2.99. The Morgan fingerprint density at radius 2 is 1.91 bits per heavy atom. The maximum Gasteiger partial charge on any atom is 0.302 e. The van der Waals surface area contributed by atoms with Gasteiger partial charge in [0.15, 0.2) is 10.7 Å². The molecule has 0 unspecified atom stereocenters. The van der Waals surface area contributed by atoms with Crippen LogP contribution >= 0.6 is 22.9 Å². The molecule has 0 saturated heterocycles. The molecular formula is C16H10ClN3OS. The third kappa shape index (κ3) is 2.56. The molecule has 4 aromatic rings. The molecule has 0 fully saturated rings. The molecule has 0 aliphatic rings. The van der Waals surface area contributed by atoms with Crippen molar-refractivity contribution in [1.29, 1.82) is 0 Å². The van der Waals surface area contributed by atoms with Gasteiger partial charge in [-0.05, 0) is 18.2 Å². The smallest absolute Gasteiger partial charge is 0.302 e. The van der Waals surface area contributed by atoms with Crippen LogP contribution in [0.4, 0.5) is 11.1 Å². The van der Waals surface area contributed by atoms with Gasteiger partial charge in [-0.25, -0.2) is 4.98 Å². The predicted molar refractivity (Wildman–Crippen MR) is 89.9 cm³/mol. The lowest BCUT2D eigenvalue weighted by atomic mass is 10.2. The molecule has 2 aromatic carbocycles. The molecule has 0 bridgehead atoms. The van der Waals surface area contributed by atoms with Crippen LogP contribution in [0.1, 0.15) is 0 Å². The van der Waals surface area contributed by atoms with Crippen LogP contribution in [0.3, 0.4) is 0 Å². The van der Waals surface area contributed by atoms with E-state index >= 15 is 0 Å². The first kappa shape index (κ1) is 13.3. The third-order valence-electron chi connectivity index (χ3n) is 3.14. The zero-order chi connectivity index (χ0) is 14.9. The maximum atomic E-state index is 5.95. The van der Waals surface area contributed by atoms with Gasteiger partial charge in [0.2, 0.25) is 0 Å². The average molecular weight is 328 g/mol. The summed E-state index contributed by atoms with van der Waals surface area (Å²) in [6.45, 7) is 0. The molecule has 0 atom stereocenters. The molecule has 2 aromatic heterocycles. The van der Waals surface area contributed by atoms with Crippen LogP contribution in [0, 0.1) is 0 Å². The third-order valence-corrected chi connectivity index (χ3v) is 4.13. The molecule has 0 aliphatic carbocycles. The summed E-state index contributed by atoms with van der Waals surface area (Å²) < 4.78 is 5.63. The fraction of sp³-hybridized carbons (Fsp3) is 0. The van der Waals surface area contributed by atoms with Crippen molar-refractivity contribution in [2.24, 2.45) is 0 Å². The second-order valence-corrected chi connectivity index (χ2v) is 5.95. The average Bonchev–Trinajstić information content (AvgIpc) is 3.14. The van der Waals surface area contributed by atoms with Gasteiger partial charge in [0.1, 0.15) is 5.52 Å². The first-order chi connectivity index (χ1) is 10.8. The number of nitrogens with zero attached hydrogens (tertiary/aromatic N) is 2. The normalized spacial score (nSPS) is 11.0. The summed E-state index contributed by atoms with van der Waals surface area (Å²) >= 11 is 7.45. The number of hydrogen-bond donors (Lipinski definition) is 1. The van der Waals surface area contributed by atoms with Crippen LogP contribution < -0.4 is 5.32 Å². The minimum atomic E-state index is 0.409. The Balaban J connectivity index is 1.61. The van der Waals surface area contributed by atoms with Gasteiger partial charge in [-0.2, -0.15) is 4.98 Å². The van der Waals surface area contributed by atoms with E-state index in [2.05, 4.69) is 15.3 Å². The van der Waals surface area contributed by atoms with Gasteiger partial charge in [-0.3, -0.25) is 5.32 Å². The molecule has 4 nitrogen and oxygen atoms in total. The van der Waals surface area contributed by atoms with Crippen molar-refractivity contribution in [3.63, 3.8) is 0 Å². The first-order valence-corrected chi connectivity index (χ1v) is 7.88. The number of fused-ring (bicyclic) bond motifs is 1. The quantitative estimate of drug-likeness (QED) is 0.551. The Hall–Kier alpha value is -2.37. The largest absolute Gasteiger partial charge is 0.423 e. The Kier molecular flexibility index (Phi) is 3.29. The topological polar surface area (TPSA) is 51.0 Å². The Morgan fingerprint density at radius 1 is 1.05 bits per heavy atom. The van der Waals surface area contributed by atoms with Crippen molar-refractivity contribution in [2.45, 2.75) is 0 Å². The highest BCUT2D eigenvalue weighted by Gasteiger charge is 2.09. The number of hydrogen-bond acceptors (Lipinski definition) is 5. The van der Waals surface area contributed by atoms with Gasteiger partial charge in [0.25, 0.3) is 0 Å². The molecule has 108 valence electrons. The van der Waals surface area contributed by atoms with Gasteiger partial charge in [0.05, 0.1) is 5.69 Å². The summed E-state index contributed by atoms with van der Waals surface area (Å²) in [5.41, 5.74) is 3.41. The van der Waals surface area contributed by atoms with E-state index in [1.54, 1.807) is 18.2 Å². The monoisotopic (exact) mass is 327 g/mol. The molecule has 1 N–H and O–H groups in total. The van der Waals surface area contributed by atoms with E-state index in [0.29, 0.717) is 16.6 Å². The summed E-state index contributed by atoms with van der Waals surface area (Å²) in [6.07, 6.45) is 0. The summed E-state index contributed by atoms with van der Waals surface area (Å²) in [5.74, 6) is 0. The minimum Gasteiger partial charge on any atom is -0.423 e. The molecule has 0 spiro atoms. The molecule has 0 radical (unpaired) electrons. The van der Waals surface area contributed by atoms with E-state index in [-0.39, 0.29) is 0 Å². The molecule has 22 heavy (non-hydrogen) atoms. The highest BCUT2D eigenvalue weighted by atomic mass is 35.5. The van der Waals surface area contributed by atoms with E-state index in [1.165, 1.54) is 11.3 Å². The van der Waals surface area contributed by atoms with E-state index in [9.17, 15) is 0 Å². The summed E-state index contributed by atoms with van der Waals surface area (Å²) in [5, 5.41) is 6.45. The predicted octanol–water partition coefficient (Wildman–Crippen LogP) is 5.35. The van der Waals surface area contributed by atoms with Crippen molar-refractivity contribution in [2.75, 3.05) is 5.32 Å². The van der Waals surface area contributed by atoms with Crippen LogP contribution in [0.5, 0.6) is 0 Å². The molecule has 2 heterocycles. The number of halogens is 1. The number of benzene rings is 2. The van der Waals surface area contributed by atoms with E-state index in [1.807, 2.05) is 35.7 Å². The number of thiazole rings is 1. The van der Waals surface area contributed by atoms with Crippen LogP contribution in [-0.2, 0) is 0 Å². The first-order valence-electron chi connectivity index (χ1n) is 6.62. The van der Waals surface area contributed by atoms with E-state index in [0.717, 1.165) is 21.9 Å². The standard InChI is InChI=1S/C16H10ClN3OS/c17-11-6-7-14-12(8-11)18-15(21-14)20-16-19-13(9-22-16)10-4-2-1-3-5-10/h1-9H,(H,18,19,20). The Labute approximate surface area is 135 Å². The van der Waals surface area contributed by atoms with Gasteiger partial charge in [0, 0.05) is 16.0 Å². The Morgan fingerprint density at radius 3 is 2.77 bits per heavy atom. The van der Waals surface area contributed by atoms with Crippen LogP contribution in [0.15, 0.2) is 58.3 Å². The zero-order valence-corrected chi connectivity index (χ0v) is 12.9. The SMILES string of the molecule is Clc1ccc2oc(Nc3nc(-c4ccccc4)cs3)nc2c1. The van der Waals surface area contributed by atoms with Gasteiger partial charge in [-0.1, -0.05) is 41.9 Å². The lowest BCUT2D eigenvalue weighted by Gasteiger charge is -1.95. The summed E-state index contributed by atoms with van der Waals surface area (Å²) in [4.78, 5) is 8.90. The fourth-order valence-electron chi connectivity index (χ4n) is 2.12. The van der Waals surface area contributed by atoms with Gasteiger partial charge >= 0.3 is 6.01 Å². The van der Waals surface area contributed by atoms with Crippen molar-refractivity contribution < 1.29 is 4.42 Å². The zero-order valence-electron chi connectivity index (χ0n) is 11.3. The lowest BCUT2D eigenvalue weighted by Crippen LogP contribution is -1.89. The summed E-state index contributed by atoms with van der Waals surface area (Å²) in [7, 11) is 0. The second kappa shape index (κ2) is 5.44. The number of rotatable bonds is 3.